The minimum Gasteiger partial charge on any atom is -0.365 e. The van der Waals surface area contributed by atoms with Crippen LogP contribution in [0.5, 0.6) is 0 Å². The Labute approximate surface area is 124 Å². The van der Waals surface area contributed by atoms with Crippen LogP contribution in [-0.2, 0) is 11.2 Å². The van der Waals surface area contributed by atoms with Gasteiger partial charge in [0.05, 0.1) is 6.54 Å². The van der Waals surface area contributed by atoms with Crippen LogP contribution in [-0.4, -0.2) is 26.0 Å². The van der Waals surface area contributed by atoms with Gasteiger partial charge in [0.1, 0.15) is 5.82 Å². The van der Waals surface area contributed by atoms with E-state index in [1.165, 1.54) is 12.1 Å². The molecule has 0 saturated carbocycles. The fourth-order valence-electron chi connectivity index (χ4n) is 2.04. The second kappa shape index (κ2) is 7.43. The van der Waals surface area contributed by atoms with Crippen LogP contribution in [0.15, 0.2) is 54.6 Å². The lowest BCUT2D eigenvalue weighted by atomic mass is 10.1. The highest BCUT2D eigenvalue weighted by Gasteiger charge is 2.06. The van der Waals surface area contributed by atoms with Crippen LogP contribution < -0.4 is 10.2 Å². The number of rotatable bonds is 6. The number of anilines is 1. The number of nitrogens with zero attached hydrogens (tertiary/aromatic N) is 1. The topological polar surface area (TPSA) is 32.3 Å². The summed E-state index contributed by atoms with van der Waals surface area (Å²) in [4.78, 5) is 13.8. The van der Waals surface area contributed by atoms with Crippen LogP contribution in [0.4, 0.5) is 10.1 Å². The number of carbonyl (C=O) groups excluding carboxylic acids is 1. The molecule has 2 rings (SSSR count). The first-order valence-corrected chi connectivity index (χ1v) is 6.92. The van der Waals surface area contributed by atoms with Gasteiger partial charge in [-0.05, 0) is 36.2 Å². The molecule has 0 heterocycles. The Kier molecular flexibility index (Phi) is 5.32. The van der Waals surface area contributed by atoms with Gasteiger partial charge in [0.2, 0.25) is 5.91 Å². The van der Waals surface area contributed by atoms with Gasteiger partial charge in [-0.1, -0.05) is 30.3 Å². The average Bonchev–Trinajstić information content (AvgIpc) is 2.50. The molecule has 0 aromatic heterocycles. The van der Waals surface area contributed by atoms with Crippen molar-refractivity contribution in [1.82, 2.24) is 5.32 Å². The fourth-order valence-corrected chi connectivity index (χ4v) is 2.04. The summed E-state index contributed by atoms with van der Waals surface area (Å²) in [7, 11) is 1.88. The number of hydrogen-bond donors (Lipinski definition) is 1. The summed E-state index contributed by atoms with van der Waals surface area (Å²) in [5, 5.41) is 2.87. The molecule has 0 fully saturated rings. The smallest absolute Gasteiger partial charge is 0.239 e. The normalized spacial score (nSPS) is 10.2. The Hall–Kier alpha value is -2.36. The summed E-state index contributed by atoms with van der Waals surface area (Å²) in [6, 6.07) is 16.1. The molecule has 2 aromatic rings. The fraction of sp³-hybridized carbons (Fsp3) is 0.235. The van der Waals surface area contributed by atoms with E-state index in [2.05, 4.69) is 5.32 Å². The van der Waals surface area contributed by atoms with Crippen molar-refractivity contribution in [3.8, 4) is 0 Å². The van der Waals surface area contributed by atoms with Gasteiger partial charge in [-0.25, -0.2) is 4.39 Å². The number of benzene rings is 2. The minimum atomic E-state index is -0.243. The van der Waals surface area contributed by atoms with E-state index in [4.69, 9.17) is 0 Å². The number of hydrogen-bond acceptors (Lipinski definition) is 2. The van der Waals surface area contributed by atoms with E-state index in [1.807, 2.05) is 42.3 Å². The number of likely N-dealkylation sites (N-methyl/N-ethyl adjacent to an activating group) is 1. The maximum Gasteiger partial charge on any atom is 0.239 e. The summed E-state index contributed by atoms with van der Waals surface area (Å²) in [5.74, 6) is -0.268. The lowest BCUT2D eigenvalue weighted by molar-refractivity contribution is -0.119. The molecule has 0 atom stereocenters. The zero-order valence-corrected chi connectivity index (χ0v) is 12.1. The Morgan fingerprint density at radius 1 is 1.10 bits per heavy atom. The second-order valence-corrected chi connectivity index (χ2v) is 4.92. The van der Waals surface area contributed by atoms with Gasteiger partial charge in [-0.2, -0.15) is 0 Å². The molecule has 0 unspecified atom stereocenters. The molecule has 1 amide bonds. The summed E-state index contributed by atoms with van der Waals surface area (Å²) in [5.41, 5.74) is 2.01. The molecule has 1 N–H and O–H groups in total. The molecule has 0 aliphatic rings. The maximum absolute atomic E-state index is 12.8. The molecule has 0 aliphatic heterocycles. The van der Waals surface area contributed by atoms with Crippen LogP contribution in [0.3, 0.4) is 0 Å². The molecule has 21 heavy (non-hydrogen) atoms. The maximum atomic E-state index is 12.8. The Balaban J connectivity index is 1.73. The van der Waals surface area contributed by atoms with Gasteiger partial charge < -0.3 is 10.2 Å². The lowest BCUT2D eigenvalue weighted by Gasteiger charge is -2.18. The van der Waals surface area contributed by atoms with E-state index in [-0.39, 0.29) is 11.7 Å². The van der Waals surface area contributed by atoms with E-state index in [0.717, 1.165) is 11.3 Å². The number of amides is 1. The van der Waals surface area contributed by atoms with Crippen molar-refractivity contribution in [1.29, 1.82) is 0 Å². The van der Waals surface area contributed by atoms with Crippen molar-refractivity contribution in [3.05, 3.63) is 66.0 Å². The third-order valence-corrected chi connectivity index (χ3v) is 3.23. The molecule has 0 aliphatic carbocycles. The number of para-hydroxylation sites is 1. The van der Waals surface area contributed by atoms with E-state index < -0.39 is 0 Å². The SMILES string of the molecule is CN(CC(=O)NCCc1ccc(F)cc1)c1ccccc1. The van der Waals surface area contributed by atoms with Crippen molar-refractivity contribution in [2.24, 2.45) is 0 Å². The highest BCUT2D eigenvalue weighted by atomic mass is 19.1. The summed E-state index contributed by atoms with van der Waals surface area (Å²) in [6.07, 6.45) is 0.696. The summed E-state index contributed by atoms with van der Waals surface area (Å²) >= 11 is 0. The monoisotopic (exact) mass is 286 g/mol. The molecule has 3 nitrogen and oxygen atoms in total. The van der Waals surface area contributed by atoms with Crippen molar-refractivity contribution < 1.29 is 9.18 Å². The highest BCUT2D eigenvalue weighted by Crippen LogP contribution is 2.10. The van der Waals surface area contributed by atoms with E-state index in [1.54, 1.807) is 12.1 Å². The predicted molar refractivity (Wildman–Crippen MR) is 82.8 cm³/mol. The van der Waals surface area contributed by atoms with Crippen molar-refractivity contribution >= 4 is 11.6 Å². The van der Waals surface area contributed by atoms with Crippen LogP contribution in [0.1, 0.15) is 5.56 Å². The summed E-state index contributed by atoms with van der Waals surface area (Å²) < 4.78 is 12.8. The zero-order valence-electron chi connectivity index (χ0n) is 12.1. The van der Waals surface area contributed by atoms with E-state index in [9.17, 15) is 9.18 Å². The van der Waals surface area contributed by atoms with Crippen LogP contribution in [0.25, 0.3) is 0 Å². The van der Waals surface area contributed by atoms with Crippen LogP contribution >= 0.6 is 0 Å². The Morgan fingerprint density at radius 3 is 2.43 bits per heavy atom. The van der Waals surface area contributed by atoms with Crippen molar-refractivity contribution in [3.63, 3.8) is 0 Å². The average molecular weight is 286 g/mol. The van der Waals surface area contributed by atoms with Gasteiger partial charge in [-0.3, -0.25) is 4.79 Å². The van der Waals surface area contributed by atoms with Crippen LogP contribution in [0.2, 0.25) is 0 Å². The molecular weight excluding hydrogens is 267 g/mol. The first-order chi connectivity index (χ1) is 10.1. The minimum absolute atomic E-state index is 0.0246. The molecule has 0 saturated heterocycles. The first kappa shape index (κ1) is 15.0. The molecule has 4 heteroatoms. The number of halogens is 1. The highest BCUT2D eigenvalue weighted by molar-refractivity contribution is 5.81. The molecule has 2 aromatic carbocycles. The van der Waals surface area contributed by atoms with Gasteiger partial charge >= 0.3 is 0 Å². The third-order valence-electron chi connectivity index (χ3n) is 3.23. The van der Waals surface area contributed by atoms with Gasteiger partial charge in [-0.15, -0.1) is 0 Å². The second-order valence-electron chi connectivity index (χ2n) is 4.92. The Bertz CT molecular complexity index is 569. The molecular formula is C17H19FN2O. The van der Waals surface area contributed by atoms with E-state index >= 15 is 0 Å². The molecule has 0 radical (unpaired) electrons. The van der Waals surface area contributed by atoms with Gasteiger partial charge in [0, 0.05) is 19.3 Å². The molecule has 110 valence electrons. The Morgan fingerprint density at radius 2 is 1.76 bits per heavy atom. The predicted octanol–water partition coefficient (Wildman–Crippen LogP) is 2.62. The summed E-state index contributed by atoms with van der Waals surface area (Å²) in [6.45, 7) is 0.862. The zero-order chi connectivity index (χ0) is 15.1. The molecule has 0 spiro atoms. The van der Waals surface area contributed by atoms with Gasteiger partial charge in [0.15, 0.2) is 0 Å². The largest absolute Gasteiger partial charge is 0.365 e. The number of carbonyl (C=O) groups is 1. The third kappa shape index (κ3) is 4.91. The number of nitrogens with one attached hydrogen (secondary N) is 1. The quantitative estimate of drug-likeness (QED) is 0.885. The van der Waals surface area contributed by atoms with Gasteiger partial charge in [0.25, 0.3) is 0 Å². The first-order valence-electron chi connectivity index (χ1n) is 6.92. The van der Waals surface area contributed by atoms with Crippen LogP contribution in [0, 0.1) is 5.82 Å². The standard InChI is InChI=1S/C17H19FN2O/c1-20(16-5-3-2-4-6-16)13-17(21)19-12-11-14-7-9-15(18)10-8-14/h2-10H,11-13H2,1H3,(H,19,21). The van der Waals surface area contributed by atoms with Crippen molar-refractivity contribution in [2.45, 2.75) is 6.42 Å². The lowest BCUT2D eigenvalue weighted by Crippen LogP contribution is -2.36. The van der Waals surface area contributed by atoms with E-state index in [0.29, 0.717) is 19.5 Å². The molecule has 0 bridgehead atoms. The van der Waals surface area contributed by atoms with Crippen molar-refractivity contribution in [2.75, 3.05) is 25.0 Å².